The van der Waals surface area contributed by atoms with Crippen LogP contribution in [0.15, 0.2) is 18.5 Å². The van der Waals surface area contributed by atoms with Crippen LogP contribution in [0.1, 0.15) is 16.8 Å². The van der Waals surface area contributed by atoms with Gasteiger partial charge in [0, 0.05) is 19.9 Å². The highest BCUT2D eigenvalue weighted by Crippen LogP contribution is 2.11. The summed E-state index contributed by atoms with van der Waals surface area (Å²) in [5.41, 5.74) is 0.205. The molecule has 0 saturated carbocycles. The predicted molar refractivity (Wildman–Crippen MR) is 61.7 cm³/mol. The summed E-state index contributed by atoms with van der Waals surface area (Å²) in [6, 6.07) is 1.03. The molecule has 2 atom stereocenters. The number of ether oxygens (including phenoxy) is 2. The standard InChI is InChI=1S/C12H15FN2O3/c1-17-11-7-18-3-2-10(11)15-12(16)8-4-9(13)6-14-5-8/h4-6,10-11H,2-3,7H2,1H3,(H,15,16). The molecule has 2 unspecified atom stereocenters. The highest BCUT2D eigenvalue weighted by Gasteiger charge is 2.27. The topological polar surface area (TPSA) is 60.5 Å². The molecule has 0 aliphatic carbocycles. The Labute approximate surface area is 104 Å². The third kappa shape index (κ3) is 3.02. The third-order valence-corrected chi connectivity index (χ3v) is 2.89. The maximum atomic E-state index is 13.0. The van der Waals surface area contributed by atoms with Gasteiger partial charge in [-0.25, -0.2) is 4.39 Å². The van der Waals surface area contributed by atoms with Gasteiger partial charge in [-0.15, -0.1) is 0 Å². The van der Waals surface area contributed by atoms with Gasteiger partial charge in [-0.1, -0.05) is 0 Å². The summed E-state index contributed by atoms with van der Waals surface area (Å²) in [6.07, 6.45) is 2.89. The van der Waals surface area contributed by atoms with Crippen molar-refractivity contribution in [2.45, 2.75) is 18.6 Å². The van der Waals surface area contributed by atoms with E-state index in [-0.39, 0.29) is 23.6 Å². The van der Waals surface area contributed by atoms with Crippen LogP contribution in [0.4, 0.5) is 4.39 Å². The highest BCUT2D eigenvalue weighted by atomic mass is 19.1. The molecule has 6 heteroatoms. The number of hydrogen-bond acceptors (Lipinski definition) is 4. The first-order valence-electron chi connectivity index (χ1n) is 5.72. The number of aromatic nitrogens is 1. The van der Waals surface area contributed by atoms with Crippen LogP contribution in [0.2, 0.25) is 0 Å². The zero-order valence-electron chi connectivity index (χ0n) is 10.1. The molecule has 1 N–H and O–H groups in total. The number of hydrogen-bond donors (Lipinski definition) is 1. The van der Waals surface area contributed by atoms with E-state index >= 15 is 0 Å². The summed E-state index contributed by atoms with van der Waals surface area (Å²) in [7, 11) is 1.57. The summed E-state index contributed by atoms with van der Waals surface area (Å²) in [5, 5.41) is 2.81. The van der Waals surface area contributed by atoms with Crippen LogP contribution in [0.3, 0.4) is 0 Å². The smallest absolute Gasteiger partial charge is 0.253 e. The Hall–Kier alpha value is -1.53. The number of methoxy groups -OCH3 is 1. The van der Waals surface area contributed by atoms with Crippen LogP contribution in [-0.4, -0.2) is 43.4 Å². The molecule has 2 heterocycles. The van der Waals surface area contributed by atoms with Crippen molar-refractivity contribution in [1.29, 1.82) is 0 Å². The van der Waals surface area contributed by atoms with Crippen LogP contribution in [0.5, 0.6) is 0 Å². The molecule has 18 heavy (non-hydrogen) atoms. The second-order valence-corrected chi connectivity index (χ2v) is 4.11. The minimum atomic E-state index is -0.530. The molecule has 0 spiro atoms. The number of halogens is 1. The van der Waals surface area contributed by atoms with Crippen LogP contribution >= 0.6 is 0 Å². The lowest BCUT2D eigenvalue weighted by molar-refractivity contribution is -0.0479. The number of rotatable bonds is 3. The highest BCUT2D eigenvalue weighted by molar-refractivity contribution is 5.94. The van der Waals surface area contributed by atoms with Crippen molar-refractivity contribution in [2.75, 3.05) is 20.3 Å². The van der Waals surface area contributed by atoms with Crippen molar-refractivity contribution in [2.24, 2.45) is 0 Å². The fraction of sp³-hybridized carbons (Fsp3) is 0.500. The first kappa shape index (κ1) is 12.9. The Kier molecular flexibility index (Phi) is 4.22. The summed E-state index contributed by atoms with van der Waals surface area (Å²) >= 11 is 0. The molecule has 0 bridgehead atoms. The molecular weight excluding hydrogens is 239 g/mol. The molecular formula is C12H15FN2O3. The molecule has 1 aromatic rings. The Balaban J connectivity index is 2.02. The van der Waals surface area contributed by atoms with E-state index in [1.165, 1.54) is 6.20 Å². The molecule has 98 valence electrons. The predicted octanol–water partition coefficient (Wildman–Crippen LogP) is 0.754. The van der Waals surface area contributed by atoms with Crippen molar-refractivity contribution in [3.05, 3.63) is 29.8 Å². The van der Waals surface area contributed by atoms with Gasteiger partial charge in [0.25, 0.3) is 5.91 Å². The van der Waals surface area contributed by atoms with Crippen LogP contribution in [0.25, 0.3) is 0 Å². The van der Waals surface area contributed by atoms with Crippen molar-refractivity contribution >= 4 is 5.91 Å². The number of pyridine rings is 1. The Morgan fingerprint density at radius 1 is 1.61 bits per heavy atom. The number of amides is 1. The number of nitrogens with one attached hydrogen (secondary N) is 1. The fourth-order valence-corrected chi connectivity index (χ4v) is 1.90. The maximum Gasteiger partial charge on any atom is 0.253 e. The summed E-state index contributed by atoms with van der Waals surface area (Å²) < 4.78 is 23.5. The van der Waals surface area contributed by atoms with Gasteiger partial charge in [-0.3, -0.25) is 9.78 Å². The van der Waals surface area contributed by atoms with E-state index in [2.05, 4.69) is 10.3 Å². The van der Waals surface area contributed by atoms with Gasteiger partial charge in [0.05, 0.1) is 24.4 Å². The summed E-state index contributed by atoms with van der Waals surface area (Å²) in [5.74, 6) is -0.881. The van der Waals surface area contributed by atoms with Crippen molar-refractivity contribution < 1.29 is 18.7 Å². The van der Waals surface area contributed by atoms with Gasteiger partial charge in [0.2, 0.25) is 0 Å². The summed E-state index contributed by atoms with van der Waals surface area (Å²) in [6.45, 7) is 1.02. The Bertz CT molecular complexity index is 428. The Morgan fingerprint density at radius 3 is 3.17 bits per heavy atom. The minimum absolute atomic E-state index is 0.125. The van der Waals surface area contributed by atoms with Crippen molar-refractivity contribution in [3.63, 3.8) is 0 Å². The normalized spacial score (nSPS) is 23.7. The quantitative estimate of drug-likeness (QED) is 0.865. The van der Waals surface area contributed by atoms with E-state index in [0.717, 1.165) is 12.3 Å². The van der Waals surface area contributed by atoms with Crippen LogP contribution in [0, 0.1) is 5.82 Å². The van der Waals surface area contributed by atoms with Crippen molar-refractivity contribution in [1.82, 2.24) is 10.3 Å². The molecule has 1 aromatic heterocycles. The summed E-state index contributed by atoms with van der Waals surface area (Å²) in [4.78, 5) is 15.6. The zero-order chi connectivity index (χ0) is 13.0. The van der Waals surface area contributed by atoms with Gasteiger partial charge in [-0.05, 0) is 12.5 Å². The maximum absolute atomic E-state index is 13.0. The van der Waals surface area contributed by atoms with Crippen LogP contribution < -0.4 is 5.32 Å². The number of nitrogens with zero attached hydrogens (tertiary/aromatic N) is 1. The molecule has 0 aromatic carbocycles. The molecule has 5 nitrogen and oxygen atoms in total. The van der Waals surface area contributed by atoms with Gasteiger partial charge in [0.1, 0.15) is 11.9 Å². The molecule has 0 radical (unpaired) electrons. The molecule has 1 aliphatic rings. The third-order valence-electron chi connectivity index (χ3n) is 2.89. The first-order valence-corrected chi connectivity index (χ1v) is 5.72. The number of carbonyl (C=O) groups excluding carboxylic acids is 1. The lowest BCUT2D eigenvalue weighted by atomic mass is 10.1. The van der Waals surface area contributed by atoms with E-state index in [9.17, 15) is 9.18 Å². The lowest BCUT2D eigenvalue weighted by Gasteiger charge is -2.30. The minimum Gasteiger partial charge on any atom is -0.379 e. The molecule has 1 fully saturated rings. The van der Waals surface area contributed by atoms with Gasteiger partial charge in [-0.2, -0.15) is 0 Å². The van der Waals surface area contributed by atoms with Gasteiger partial charge in [0.15, 0.2) is 0 Å². The van der Waals surface area contributed by atoms with Crippen molar-refractivity contribution in [3.8, 4) is 0 Å². The zero-order valence-corrected chi connectivity index (χ0v) is 10.1. The SMILES string of the molecule is COC1COCCC1NC(=O)c1cncc(F)c1. The van der Waals surface area contributed by atoms with E-state index in [1.807, 2.05) is 0 Å². The van der Waals surface area contributed by atoms with E-state index < -0.39 is 5.82 Å². The Morgan fingerprint density at radius 2 is 2.44 bits per heavy atom. The lowest BCUT2D eigenvalue weighted by Crippen LogP contribution is -2.49. The van der Waals surface area contributed by atoms with E-state index in [1.54, 1.807) is 7.11 Å². The largest absolute Gasteiger partial charge is 0.379 e. The molecule has 1 saturated heterocycles. The average molecular weight is 254 g/mol. The van der Waals surface area contributed by atoms with E-state index in [0.29, 0.717) is 19.6 Å². The molecule has 2 rings (SSSR count). The fourth-order valence-electron chi connectivity index (χ4n) is 1.90. The monoisotopic (exact) mass is 254 g/mol. The second kappa shape index (κ2) is 5.88. The average Bonchev–Trinajstić information content (AvgIpc) is 2.39. The van der Waals surface area contributed by atoms with E-state index in [4.69, 9.17) is 9.47 Å². The van der Waals surface area contributed by atoms with Crippen LogP contribution in [-0.2, 0) is 9.47 Å². The number of carbonyl (C=O) groups is 1. The van der Waals surface area contributed by atoms with Gasteiger partial charge < -0.3 is 14.8 Å². The second-order valence-electron chi connectivity index (χ2n) is 4.11. The molecule has 1 aliphatic heterocycles. The molecule has 1 amide bonds. The first-order chi connectivity index (χ1) is 8.70. The van der Waals surface area contributed by atoms with Gasteiger partial charge >= 0.3 is 0 Å².